The van der Waals surface area contributed by atoms with Crippen LogP contribution in [0.25, 0.3) is 10.7 Å². The van der Waals surface area contributed by atoms with Crippen molar-refractivity contribution in [3.63, 3.8) is 0 Å². The molecule has 0 unspecified atom stereocenters. The third kappa shape index (κ3) is 1.98. The van der Waals surface area contributed by atoms with Gasteiger partial charge in [-0.15, -0.1) is 0 Å². The molecular weight excluding hydrogens is 324 g/mol. The topological polar surface area (TPSA) is 79.7 Å². The molecule has 0 saturated carbocycles. The Kier molecular flexibility index (Phi) is 3.37. The second kappa shape index (κ2) is 4.99. The highest BCUT2D eigenvalue weighted by molar-refractivity contribution is 8.02. The van der Waals surface area contributed by atoms with Crippen molar-refractivity contribution in [3.8, 4) is 5.19 Å². The van der Waals surface area contributed by atoms with Gasteiger partial charge in [0.05, 0.1) is 7.11 Å². The Morgan fingerprint density at radius 1 is 1.32 bits per heavy atom. The Morgan fingerprint density at radius 3 is 2.64 bits per heavy atom. The molecule has 1 aliphatic heterocycles. The zero-order valence-electron chi connectivity index (χ0n) is 12.2. The number of benzene rings is 1. The smallest absolute Gasteiger partial charge is 0.275 e. The van der Waals surface area contributed by atoms with Crippen LogP contribution in [0, 0.1) is 6.92 Å². The Labute approximate surface area is 132 Å². The molecule has 0 aliphatic carbocycles. The Hall–Kier alpha value is -2.06. The van der Waals surface area contributed by atoms with Gasteiger partial charge in [-0.2, -0.15) is 4.98 Å². The molecule has 3 rings (SSSR count). The number of aromatic nitrogens is 1. The molecule has 0 fully saturated rings. The lowest BCUT2D eigenvalue weighted by Gasteiger charge is -2.26. The number of rotatable bonds is 2. The fourth-order valence-corrected chi connectivity index (χ4v) is 4.79. The highest BCUT2D eigenvalue weighted by Gasteiger charge is 2.39. The predicted octanol–water partition coefficient (Wildman–Crippen LogP) is 2.62. The molecule has 1 aliphatic rings. The van der Waals surface area contributed by atoms with Gasteiger partial charge in [0, 0.05) is 12.6 Å². The standard InChI is InChI=1S/C14H14N2O4S2/c1-8-6-4-5-7-9(8)12-10(17)11-13(15-14(20-3)21-11)16(2)22(12,18)19/h4-7,17H,1-3H3. The van der Waals surface area contributed by atoms with E-state index in [9.17, 15) is 13.5 Å². The van der Waals surface area contributed by atoms with Gasteiger partial charge in [0.1, 0.15) is 9.78 Å². The molecule has 1 aromatic carbocycles. The first kappa shape index (κ1) is 14.9. The molecular formula is C14H14N2O4S2. The van der Waals surface area contributed by atoms with Crippen molar-refractivity contribution in [2.24, 2.45) is 0 Å². The van der Waals surface area contributed by atoms with E-state index in [0.29, 0.717) is 15.6 Å². The van der Waals surface area contributed by atoms with Crippen molar-refractivity contribution in [3.05, 3.63) is 40.3 Å². The number of nitrogens with zero attached hydrogens (tertiary/aromatic N) is 2. The summed E-state index contributed by atoms with van der Waals surface area (Å²) in [5, 5.41) is 10.8. The third-order valence-electron chi connectivity index (χ3n) is 3.50. The lowest BCUT2D eigenvalue weighted by Crippen LogP contribution is -2.31. The fourth-order valence-electron chi connectivity index (χ4n) is 2.32. The van der Waals surface area contributed by atoms with Crippen LogP contribution in [0.2, 0.25) is 0 Å². The Bertz CT molecular complexity index is 884. The zero-order chi connectivity index (χ0) is 16.1. The lowest BCUT2D eigenvalue weighted by molar-refractivity contribution is 0.412. The van der Waals surface area contributed by atoms with E-state index in [2.05, 4.69) is 4.98 Å². The molecule has 0 spiro atoms. The molecule has 0 saturated heterocycles. The molecule has 2 heterocycles. The van der Waals surface area contributed by atoms with Crippen LogP contribution in [-0.4, -0.2) is 32.7 Å². The van der Waals surface area contributed by atoms with E-state index in [1.54, 1.807) is 25.1 Å². The molecule has 0 bridgehead atoms. The summed E-state index contributed by atoms with van der Waals surface area (Å²) >= 11 is 1.10. The van der Waals surface area contributed by atoms with Gasteiger partial charge in [-0.3, -0.25) is 4.31 Å². The van der Waals surface area contributed by atoms with E-state index in [0.717, 1.165) is 21.2 Å². The first-order valence-corrected chi connectivity index (χ1v) is 8.67. The summed E-state index contributed by atoms with van der Waals surface area (Å²) in [5.41, 5.74) is 1.24. The van der Waals surface area contributed by atoms with E-state index in [-0.39, 0.29) is 16.5 Å². The number of methoxy groups -OCH3 is 1. The minimum Gasteiger partial charge on any atom is -0.505 e. The molecule has 0 radical (unpaired) electrons. The average Bonchev–Trinajstić information content (AvgIpc) is 2.92. The molecule has 0 atom stereocenters. The monoisotopic (exact) mass is 338 g/mol. The maximum Gasteiger partial charge on any atom is 0.275 e. The summed E-state index contributed by atoms with van der Waals surface area (Å²) in [6.45, 7) is 1.80. The number of ether oxygens (including phenoxy) is 1. The molecule has 0 amide bonds. The zero-order valence-corrected chi connectivity index (χ0v) is 13.8. The van der Waals surface area contributed by atoms with Crippen molar-refractivity contribution in [1.29, 1.82) is 0 Å². The van der Waals surface area contributed by atoms with Crippen LogP contribution in [0.4, 0.5) is 5.82 Å². The molecule has 116 valence electrons. The number of thiazole rings is 1. The summed E-state index contributed by atoms with van der Waals surface area (Å²) in [6.07, 6.45) is 0. The van der Waals surface area contributed by atoms with Gasteiger partial charge >= 0.3 is 0 Å². The van der Waals surface area contributed by atoms with Crippen LogP contribution >= 0.6 is 11.3 Å². The number of anilines is 1. The summed E-state index contributed by atoms with van der Waals surface area (Å²) in [7, 11) is -1.02. The molecule has 8 heteroatoms. The maximum absolute atomic E-state index is 12.8. The van der Waals surface area contributed by atoms with Gasteiger partial charge in [0.2, 0.25) is 0 Å². The van der Waals surface area contributed by atoms with Crippen LogP contribution < -0.4 is 9.04 Å². The number of hydrogen-bond donors (Lipinski definition) is 1. The third-order valence-corrected chi connectivity index (χ3v) is 6.34. The van der Waals surface area contributed by atoms with E-state index in [1.165, 1.54) is 14.2 Å². The van der Waals surface area contributed by atoms with Crippen LogP contribution in [0.5, 0.6) is 5.19 Å². The van der Waals surface area contributed by atoms with Crippen molar-refractivity contribution < 1.29 is 18.3 Å². The van der Waals surface area contributed by atoms with E-state index in [4.69, 9.17) is 4.74 Å². The largest absolute Gasteiger partial charge is 0.505 e. The van der Waals surface area contributed by atoms with Gasteiger partial charge in [-0.1, -0.05) is 35.6 Å². The summed E-state index contributed by atoms with van der Waals surface area (Å²) in [4.78, 5) is 4.37. The van der Waals surface area contributed by atoms with Crippen LogP contribution in [0.15, 0.2) is 24.3 Å². The van der Waals surface area contributed by atoms with Crippen molar-refractivity contribution >= 4 is 37.8 Å². The maximum atomic E-state index is 12.8. The minimum atomic E-state index is -3.88. The Balaban J connectivity index is 2.36. The van der Waals surface area contributed by atoms with Crippen LogP contribution in [0.1, 0.15) is 16.0 Å². The summed E-state index contributed by atoms with van der Waals surface area (Å²) in [5.74, 6) is -0.111. The number of aliphatic hydroxyl groups is 1. The van der Waals surface area contributed by atoms with Crippen LogP contribution in [0.3, 0.4) is 0 Å². The number of sulfonamides is 1. The first-order chi connectivity index (χ1) is 10.4. The predicted molar refractivity (Wildman–Crippen MR) is 86.6 cm³/mol. The molecule has 1 aromatic heterocycles. The lowest BCUT2D eigenvalue weighted by atomic mass is 10.1. The van der Waals surface area contributed by atoms with Gasteiger partial charge in [-0.05, 0) is 12.5 Å². The molecule has 6 nitrogen and oxygen atoms in total. The highest BCUT2D eigenvalue weighted by atomic mass is 32.2. The summed E-state index contributed by atoms with van der Waals surface area (Å²) < 4.78 is 31.7. The summed E-state index contributed by atoms with van der Waals surface area (Å²) in [6, 6.07) is 7.03. The quantitative estimate of drug-likeness (QED) is 0.910. The second-order valence-electron chi connectivity index (χ2n) is 4.80. The van der Waals surface area contributed by atoms with Crippen molar-refractivity contribution in [1.82, 2.24) is 4.98 Å². The van der Waals surface area contributed by atoms with Gasteiger partial charge in [0.15, 0.2) is 11.6 Å². The van der Waals surface area contributed by atoms with E-state index >= 15 is 0 Å². The van der Waals surface area contributed by atoms with Crippen molar-refractivity contribution in [2.45, 2.75) is 6.92 Å². The normalized spacial score (nSPS) is 16.6. The highest BCUT2D eigenvalue weighted by Crippen LogP contribution is 2.46. The fraction of sp³-hybridized carbons (Fsp3) is 0.214. The second-order valence-corrected chi connectivity index (χ2v) is 7.67. The number of hydrogen-bond acceptors (Lipinski definition) is 6. The molecule has 22 heavy (non-hydrogen) atoms. The number of fused-ring (bicyclic) bond motifs is 1. The van der Waals surface area contributed by atoms with Gasteiger partial charge in [0.25, 0.3) is 15.2 Å². The first-order valence-electron chi connectivity index (χ1n) is 6.41. The van der Waals surface area contributed by atoms with Gasteiger partial charge < -0.3 is 9.84 Å². The van der Waals surface area contributed by atoms with Crippen LogP contribution in [-0.2, 0) is 10.0 Å². The SMILES string of the molecule is COc1nc2c(s1)C(O)=C(c1ccccc1C)S(=O)(=O)N2C. The Morgan fingerprint density at radius 2 is 2.00 bits per heavy atom. The number of aryl methyl sites for hydroxylation is 1. The molecule has 1 N–H and O–H groups in total. The minimum absolute atomic E-state index is 0.105. The van der Waals surface area contributed by atoms with E-state index in [1.807, 2.05) is 6.07 Å². The number of aliphatic hydroxyl groups excluding tert-OH is 1. The van der Waals surface area contributed by atoms with Crippen molar-refractivity contribution in [2.75, 3.05) is 18.5 Å². The average molecular weight is 338 g/mol. The molecule has 2 aromatic rings. The van der Waals surface area contributed by atoms with Gasteiger partial charge in [-0.25, -0.2) is 8.42 Å². The van der Waals surface area contributed by atoms with E-state index < -0.39 is 10.0 Å².